The molecular weight excluding hydrogens is 440 g/mol. The zero-order chi connectivity index (χ0) is 24.2. The third-order valence-corrected chi connectivity index (χ3v) is 6.89. The van der Waals surface area contributed by atoms with Gasteiger partial charge in [-0.05, 0) is 38.0 Å². The molecular formula is C28H38N4OS. The van der Waals surface area contributed by atoms with Gasteiger partial charge in [-0.2, -0.15) is 0 Å². The van der Waals surface area contributed by atoms with Crippen LogP contribution < -0.4 is 5.32 Å². The van der Waals surface area contributed by atoms with Crippen LogP contribution in [0.2, 0.25) is 0 Å². The fraction of sp³-hybridized carbons (Fsp3) is 0.464. The predicted molar refractivity (Wildman–Crippen MR) is 141 cm³/mol. The summed E-state index contributed by atoms with van der Waals surface area (Å²) in [4.78, 5) is 12.4. The minimum absolute atomic E-state index is 0.0842. The molecule has 0 aliphatic carbocycles. The van der Waals surface area contributed by atoms with E-state index in [0.717, 1.165) is 35.3 Å². The lowest BCUT2D eigenvalue weighted by atomic mass is 10.1. The SMILES string of the molecule is CCCCCCCCCC(=O)NCc1nnc(SCc2cccc(C)c2)n1-c1ccc(C)cc1. The molecule has 0 atom stereocenters. The van der Waals surface area contributed by atoms with Crippen LogP contribution in [0.5, 0.6) is 0 Å². The smallest absolute Gasteiger partial charge is 0.220 e. The van der Waals surface area contributed by atoms with Crippen LogP contribution in [-0.4, -0.2) is 20.7 Å². The van der Waals surface area contributed by atoms with Gasteiger partial charge < -0.3 is 5.32 Å². The van der Waals surface area contributed by atoms with Crippen LogP contribution in [0, 0.1) is 13.8 Å². The van der Waals surface area contributed by atoms with Crippen molar-refractivity contribution < 1.29 is 4.79 Å². The maximum atomic E-state index is 12.4. The summed E-state index contributed by atoms with van der Waals surface area (Å²) in [5, 5.41) is 12.8. The van der Waals surface area contributed by atoms with E-state index in [2.05, 4.69) is 89.4 Å². The number of rotatable bonds is 14. The van der Waals surface area contributed by atoms with E-state index >= 15 is 0 Å². The summed E-state index contributed by atoms with van der Waals surface area (Å²) in [6, 6.07) is 16.9. The van der Waals surface area contributed by atoms with Gasteiger partial charge in [-0.25, -0.2) is 0 Å². The van der Waals surface area contributed by atoms with Crippen molar-refractivity contribution in [3.63, 3.8) is 0 Å². The molecule has 0 spiro atoms. The Morgan fingerprint density at radius 2 is 1.65 bits per heavy atom. The van der Waals surface area contributed by atoms with E-state index in [1.165, 1.54) is 48.8 Å². The summed E-state index contributed by atoms with van der Waals surface area (Å²) in [5.74, 6) is 1.65. The highest BCUT2D eigenvalue weighted by Gasteiger charge is 2.15. The number of carbonyl (C=O) groups is 1. The molecule has 1 heterocycles. The average Bonchev–Trinajstić information content (AvgIpc) is 3.24. The Balaban J connectivity index is 1.60. The minimum atomic E-state index is 0.0842. The van der Waals surface area contributed by atoms with Crippen molar-refractivity contribution in [2.24, 2.45) is 0 Å². The van der Waals surface area contributed by atoms with Gasteiger partial charge in [0, 0.05) is 17.9 Å². The Kier molecular flexibility index (Phi) is 10.7. The zero-order valence-electron chi connectivity index (χ0n) is 20.8. The van der Waals surface area contributed by atoms with Gasteiger partial charge in [-0.15, -0.1) is 10.2 Å². The number of benzene rings is 2. The number of hydrogen-bond acceptors (Lipinski definition) is 4. The first kappa shape index (κ1) is 26.0. The van der Waals surface area contributed by atoms with E-state index in [1.807, 2.05) is 0 Å². The molecule has 3 aromatic rings. The second-order valence-corrected chi connectivity index (χ2v) is 9.94. The van der Waals surface area contributed by atoms with Gasteiger partial charge in [-0.3, -0.25) is 9.36 Å². The average molecular weight is 479 g/mol. The molecule has 3 rings (SSSR count). The van der Waals surface area contributed by atoms with E-state index in [-0.39, 0.29) is 5.91 Å². The fourth-order valence-corrected chi connectivity index (χ4v) is 4.83. The van der Waals surface area contributed by atoms with Crippen molar-refractivity contribution in [2.75, 3.05) is 0 Å². The van der Waals surface area contributed by atoms with Crippen molar-refractivity contribution in [2.45, 2.75) is 89.6 Å². The van der Waals surface area contributed by atoms with Crippen molar-refractivity contribution in [1.29, 1.82) is 0 Å². The topological polar surface area (TPSA) is 59.8 Å². The van der Waals surface area contributed by atoms with E-state index in [0.29, 0.717) is 13.0 Å². The molecule has 2 aromatic carbocycles. The third-order valence-electron chi connectivity index (χ3n) is 5.89. The van der Waals surface area contributed by atoms with E-state index in [4.69, 9.17) is 0 Å². The molecule has 0 saturated heterocycles. The van der Waals surface area contributed by atoms with Gasteiger partial charge in [0.25, 0.3) is 0 Å². The van der Waals surface area contributed by atoms with Gasteiger partial charge in [0.1, 0.15) is 0 Å². The van der Waals surface area contributed by atoms with Crippen LogP contribution in [0.4, 0.5) is 0 Å². The number of nitrogens with one attached hydrogen (secondary N) is 1. The molecule has 6 heteroatoms. The number of amides is 1. The highest BCUT2D eigenvalue weighted by Crippen LogP contribution is 2.26. The summed E-state index contributed by atoms with van der Waals surface area (Å²) in [5.41, 5.74) is 4.73. The summed E-state index contributed by atoms with van der Waals surface area (Å²) in [6.07, 6.45) is 9.02. The monoisotopic (exact) mass is 478 g/mol. The first-order chi connectivity index (χ1) is 16.6. The Labute approximate surface area is 208 Å². The van der Waals surface area contributed by atoms with Crippen LogP contribution in [0.25, 0.3) is 5.69 Å². The van der Waals surface area contributed by atoms with Gasteiger partial charge in [-0.1, -0.05) is 105 Å². The lowest BCUT2D eigenvalue weighted by Gasteiger charge is -2.11. The van der Waals surface area contributed by atoms with Gasteiger partial charge in [0.2, 0.25) is 5.91 Å². The maximum absolute atomic E-state index is 12.4. The first-order valence-electron chi connectivity index (χ1n) is 12.5. The molecule has 0 unspecified atom stereocenters. The van der Waals surface area contributed by atoms with Crippen molar-refractivity contribution in [3.8, 4) is 5.69 Å². The second-order valence-electron chi connectivity index (χ2n) is 9.00. The Morgan fingerprint density at radius 3 is 2.38 bits per heavy atom. The Bertz CT molecular complexity index is 1030. The highest BCUT2D eigenvalue weighted by atomic mass is 32.2. The summed E-state index contributed by atoms with van der Waals surface area (Å²) < 4.78 is 2.06. The van der Waals surface area contributed by atoms with Crippen molar-refractivity contribution in [1.82, 2.24) is 20.1 Å². The van der Waals surface area contributed by atoms with Gasteiger partial charge in [0.05, 0.1) is 6.54 Å². The summed E-state index contributed by atoms with van der Waals surface area (Å²) in [6.45, 7) is 6.79. The van der Waals surface area contributed by atoms with E-state index < -0.39 is 0 Å². The fourth-order valence-electron chi connectivity index (χ4n) is 3.92. The molecule has 0 aliphatic rings. The molecule has 1 aromatic heterocycles. The summed E-state index contributed by atoms with van der Waals surface area (Å²) in [7, 11) is 0. The molecule has 0 fully saturated rings. The Hall–Kier alpha value is -2.60. The molecule has 34 heavy (non-hydrogen) atoms. The normalized spacial score (nSPS) is 11.0. The number of aromatic nitrogens is 3. The molecule has 5 nitrogen and oxygen atoms in total. The third kappa shape index (κ3) is 8.32. The number of thioether (sulfide) groups is 1. The van der Waals surface area contributed by atoms with Gasteiger partial charge >= 0.3 is 0 Å². The molecule has 0 radical (unpaired) electrons. The number of aryl methyl sites for hydroxylation is 2. The predicted octanol–water partition coefficient (Wildman–Crippen LogP) is 6.93. The largest absolute Gasteiger partial charge is 0.349 e. The van der Waals surface area contributed by atoms with Crippen LogP contribution >= 0.6 is 11.8 Å². The van der Waals surface area contributed by atoms with E-state index in [9.17, 15) is 4.79 Å². The number of nitrogens with zero attached hydrogens (tertiary/aromatic N) is 3. The van der Waals surface area contributed by atoms with Gasteiger partial charge in [0.15, 0.2) is 11.0 Å². The molecule has 0 bridgehead atoms. The summed E-state index contributed by atoms with van der Waals surface area (Å²) >= 11 is 1.66. The highest BCUT2D eigenvalue weighted by molar-refractivity contribution is 7.98. The molecule has 1 N–H and O–H groups in total. The maximum Gasteiger partial charge on any atom is 0.220 e. The number of carbonyl (C=O) groups excluding carboxylic acids is 1. The zero-order valence-corrected chi connectivity index (χ0v) is 21.7. The van der Waals surface area contributed by atoms with Crippen molar-refractivity contribution >= 4 is 17.7 Å². The van der Waals surface area contributed by atoms with Crippen LogP contribution in [0.1, 0.15) is 80.8 Å². The van der Waals surface area contributed by atoms with Crippen LogP contribution in [-0.2, 0) is 17.1 Å². The Morgan fingerprint density at radius 1 is 0.912 bits per heavy atom. The number of hydrogen-bond donors (Lipinski definition) is 1. The lowest BCUT2D eigenvalue weighted by molar-refractivity contribution is -0.121. The lowest BCUT2D eigenvalue weighted by Crippen LogP contribution is -2.24. The molecule has 0 aliphatic heterocycles. The van der Waals surface area contributed by atoms with Crippen LogP contribution in [0.15, 0.2) is 53.7 Å². The standard InChI is InChI=1S/C28H38N4OS/c1-4-5-6-7-8-9-10-14-27(33)29-20-26-30-31-28(32(26)25-17-15-22(2)16-18-25)34-21-24-13-11-12-23(3)19-24/h11-13,15-19H,4-10,14,20-21H2,1-3H3,(H,29,33). The van der Waals surface area contributed by atoms with E-state index in [1.54, 1.807) is 11.8 Å². The minimum Gasteiger partial charge on any atom is -0.349 e. The van der Waals surface area contributed by atoms with Crippen molar-refractivity contribution in [3.05, 3.63) is 71.0 Å². The number of unbranched alkanes of at least 4 members (excludes halogenated alkanes) is 6. The first-order valence-corrected chi connectivity index (χ1v) is 13.5. The quantitative estimate of drug-likeness (QED) is 0.201. The molecule has 182 valence electrons. The molecule has 1 amide bonds. The molecule has 0 saturated carbocycles. The second kappa shape index (κ2) is 14.0. The van der Waals surface area contributed by atoms with Crippen LogP contribution in [0.3, 0.4) is 0 Å².